The highest BCUT2D eigenvalue weighted by molar-refractivity contribution is 4.93. The SMILES string of the molecule is CC(C)C1NC(CO)CCC1(F)F. The summed E-state index contributed by atoms with van der Waals surface area (Å²) in [6.45, 7) is 3.48. The van der Waals surface area contributed by atoms with Crippen LogP contribution < -0.4 is 5.32 Å². The van der Waals surface area contributed by atoms with Crippen molar-refractivity contribution < 1.29 is 13.9 Å². The Hall–Kier alpha value is -0.220. The third-order valence-electron chi connectivity index (χ3n) is 2.58. The minimum atomic E-state index is -2.63. The fourth-order valence-corrected chi connectivity index (χ4v) is 1.81. The number of halogens is 2. The largest absolute Gasteiger partial charge is 0.395 e. The van der Waals surface area contributed by atoms with Crippen LogP contribution in [0, 0.1) is 5.92 Å². The maximum Gasteiger partial charge on any atom is 0.263 e. The van der Waals surface area contributed by atoms with Crippen LogP contribution in [0.4, 0.5) is 8.78 Å². The van der Waals surface area contributed by atoms with Crippen molar-refractivity contribution in [2.75, 3.05) is 6.61 Å². The Morgan fingerprint density at radius 2 is 2.15 bits per heavy atom. The van der Waals surface area contributed by atoms with Gasteiger partial charge in [0.2, 0.25) is 0 Å². The zero-order valence-corrected chi connectivity index (χ0v) is 8.06. The molecular formula is C9H17F2NO. The molecule has 1 aliphatic heterocycles. The molecule has 1 fully saturated rings. The maximum absolute atomic E-state index is 13.3. The molecule has 13 heavy (non-hydrogen) atoms. The normalized spacial score (nSPS) is 33.7. The Morgan fingerprint density at radius 3 is 2.62 bits per heavy atom. The molecule has 0 aromatic heterocycles. The molecule has 1 rings (SSSR count). The standard InChI is InChI=1S/C9H17F2NO/c1-6(2)8-9(10,11)4-3-7(5-13)12-8/h6-8,12-13H,3-5H2,1-2H3. The Labute approximate surface area is 77.3 Å². The molecule has 0 saturated carbocycles. The van der Waals surface area contributed by atoms with E-state index in [1.54, 1.807) is 13.8 Å². The lowest BCUT2D eigenvalue weighted by Gasteiger charge is -2.38. The fraction of sp³-hybridized carbons (Fsp3) is 1.00. The zero-order chi connectivity index (χ0) is 10.1. The van der Waals surface area contributed by atoms with Gasteiger partial charge >= 0.3 is 0 Å². The van der Waals surface area contributed by atoms with Gasteiger partial charge in [0.05, 0.1) is 12.6 Å². The number of nitrogens with one attached hydrogen (secondary N) is 1. The lowest BCUT2D eigenvalue weighted by Crippen LogP contribution is -2.57. The summed E-state index contributed by atoms with van der Waals surface area (Å²) < 4.78 is 26.6. The minimum absolute atomic E-state index is 0.0562. The van der Waals surface area contributed by atoms with Crippen molar-refractivity contribution in [2.45, 2.75) is 44.7 Å². The summed E-state index contributed by atoms with van der Waals surface area (Å²) in [5.41, 5.74) is 0. The molecule has 0 radical (unpaired) electrons. The molecule has 4 heteroatoms. The third-order valence-corrected chi connectivity index (χ3v) is 2.58. The van der Waals surface area contributed by atoms with Crippen LogP contribution in [-0.2, 0) is 0 Å². The molecule has 0 aliphatic carbocycles. The Kier molecular flexibility index (Phi) is 3.24. The first-order chi connectivity index (χ1) is 5.97. The fourth-order valence-electron chi connectivity index (χ4n) is 1.81. The van der Waals surface area contributed by atoms with E-state index in [0.717, 1.165) is 0 Å². The van der Waals surface area contributed by atoms with Crippen molar-refractivity contribution in [2.24, 2.45) is 5.92 Å². The van der Waals surface area contributed by atoms with E-state index in [-0.39, 0.29) is 25.0 Å². The summed E-state index contributed by atoms with van der Waals surface area (Å²) in [6.07, 6.45) is 0.237. The molecular weight excluding hydrogens is 176 g/mol. The molecule has 0 amide bonds. The van der Waals surface area contributed by atoms with E-state index in [0.29, 0.717) is 6.42 Å². The molecule has 0 aromatic rings. The number of rotatable bonds is 2. The molecule has 78 valence electrons. The van der Waals surface area contributed by atoms with Gasteiger partial charge in [-0.3, -0.25) is 0 Å². The number of hydrogen-bond acceptors (Lipinski definition) is 2. The van der Waals surface area contributed by atoms with E-state index >= 15 is 0 Å². The van der Waals surface area contributed by atoms with Crippen molar-refractivity contribution in [3.63, 3.8) is 0 Å². The molecule has 1 aliphatic rings. The lowest BCUT2D eigenvalue weighted by molar-refractivity contribution is -0.0872. The second-order valence-electron chi connectivity index (χ2n) is 4.07. The first kappa shape index (κ1) is 10.9. The molecule has 2 nitrogen and oxygen atoms in total. The van der Waals surface area contributed by atoms with Crippen LogP contribution in [0.1, 0.15) is 26.7 Å². The second-order valence-corrected chi connectivity index (χ2v) is 4.07. The van der Waals surface area contributed by atoms with Gasteiger partial charge in [0.15, 0.2) is 0 Å². The van der Waals surface area contributed by atoms with Crippen molar-refractivity contribution in [3.05, 3.63) is 0 Å². The molecule has 0 bridgehead atoms. The summed E-state index contributed by atoms with van der Waals surface area (Å²) in [5.74, 6) is -2.73. The minimum Gasteiger partial charge on any atom is -0.395 e. The summed E-state index contributed by atoms with van der Waals surface area (Å²) >= 11 is 0. The van der Waals surface area contributed by atoms with E-state index in [1.165, 1.54) is 0 Å². The Bertz CT molecular complexity index is 173. The summed E-state index contributed by atoms with van der Waals surface area (Å²) in [6, 6.07) is -0.953. The van der Waals surface area contributed by atoms with Crippen molar-refractivity contribution in [3.8, 4) is 0 Å². The predicted octanol–water partition coefficient (Wildman–Crippen LogP) is 1.39. The van der Waals surface area contributed by atoms with Gasteiger partial charge < -0.3 is 10.4 Å². The number of hydrogen-bond donors (Lipinski definition) is 2. The van der Waals surface area contributed by atoms with Crippen LogP contribution in [-0.4, -0.2) is 29.7 Å². The highest BCUT2D eigenvalue weighted by Gasteiger charge is 2.45. The maximum atomic E-state index is 13.3. The first-order valence-electron chi connectivity index (χ1n) is 4.72. The van der Waals surface area contributed by atoms with E-state index in [2.05, 4.69) is 5.32 Å². The molecule has 2 unspecified atom stereocenters. The van der Waals surface area contributed by atoms with Crippen LogP contribution in [0.15, 0.2) is 0 Å². The predicted molar refractivity (Wildman–Crippen MR) is 46.8 cm³/mol. The van der Waals surface area contributed by atoms with Gasteiger partial charge in [-0.15, -0.1) is 0 Å². The van der Waals surface area contributed by atoms with E-state index in [9.17, 15) is 8.78 Å². The zero-order valence-electron chi connectivity index (χ0n) is 8.06. The molecule has 0 spiro atoms. The lowest BCUT2D eigenvalue weighted by atomic mass is 9.88. The smallest absolute Gasteiger partial charge is 0.263 e. The summed E-state index contributed by atoms with van der Waals surface area (Å²) in [7, 11) is 0. The van der Waals surface area contributed by atoms with Crippen LogP contribution in [0.25, 0.3) is 0 Å². The molecule has 2 atom stereocenters. The van der Waals surface area contributed by atoms with Crippen LogP contribution in [0.3, 0.4) is 0 Å². The van der Waals surface area contributed by atoms with Gasteiger partial charge in [0.25, 0.3) is 5.92 Å². The quantitative estimate of drug-likeness (QED) is 0.694. The van der Waals surface area contributed by atoms with Gasteiger partial charge in [-0.25, -0.2) is 8.78 Å². The van der Waals surface area contributed by atoms with Gasteiger partial charge in [-0.2, -0.15) is 0 Å². The molecule has 1 saturated heterocycles. The van der Waals surface area contributed by atoms with Crippen molar-refractivity contribution >= 4 is 0 Å². The molecule has 1 heterocycles. The van der Waals surface area contributed by atoms with Crippen LogP contribution in [0.5, 0.6) is 0 Å². The molecule has 0 aromatic carbocycles. The van der Waals surface area contributed by atoms with Crippen molar-refractivity contribution in [1.82, 2.24) is 5.32 Å². The Morgan fingerprint density at radius 1 is 1.54 bits per heavy atom. The second kappa shape index (κ2) is 3.88. The average Bonchev–Trinajstić information content (AvgIpc) is 2.03. The highest BCUT2D eigenvalue weighted by Crippen LogP contribution is 2.33. The Balaban J connectivity index is 2.64. The van der Waals surface area contributed by atoms with E-state index < -0.39 is 12.0 Å². The third kappa shape index (κ3) is 2.38. The van der Waals surface area contributed by atoms with Crippen molar-refractivity contribution in [1.29, 1.82) is 0 Å². The number of aliphatic hydroxyl groups excluding tert-OH is 1. The number of aliphatic hydroxyl groups is 1. The van der Waals surface area contributed by atoms with E-state index in [1.807, 2.05) is 0 Å². The van der Waals surface area contributed by atoms with Gasteiger partial charge in [0, 0.05) is 12.5 Å². The van der Waals surface area contributed by atoms with Gasteiger partial charge in [0.1, 0.15) is 0 Å². The first-order valence-corrected chi connectivity index (χ1v) is 4.72. The summed E-state index contributed by atoms with van der Waals surface area (Å²) in [5, 5.41) is 11.6. The monoisotopic (exact) mass is 193 g/mol. The molecule has 2 N–H and O–H groups in total. The summed E-state index contributed by atoms with van der Waals surface area (Å²) in [4.78, 5) is 0. The highest BCUT2D eigenvalue weighted by atomic mass is 19.3. The van der Waals surface area contributed by atoms with Gasteiger partial charge in [-0.1, -0.05) is 13.8 Å². The van der Waals surface area contributed by atoms with Gasteiger partial charge in [-0.05, 0) is 12.3 Å². The number of alkyl halides is 2. The van der Waals surface area contributed by atoms with Crippen LogP contribution >= 0.6 is 0 Å². The topological polar surface area (TPSA) is 32.3 Å². The average molecular weight is 193 g/mol. The van der Waals surface area contributed by atoms with E-state index in [4.69, 9.17) is 5.11 Å². The van der Waals surface area contributed by atoms with Crippen LogP contribution in [0.2, 0.25) is 0 Å². The number of piperidine rings is 1.